The van der Waals surface area contributed by atoms with Gasteiger partial charge in [-0.3, -0.25) is 10.1 Å². The normalized spacial score (nSPS) is 11.3. The van der Waals surface area contributed by atoms with E-state index in [1.165, 1.54) is 28.5 Å². The molecule has 0 unspecified atom stereocenters. The van der Waals surface area contributed by atoms with Gasteiger partial charge in [0.2, 0.25) is 5.13 Å². The third kappa shape index (κ3) is 8.18. The minimum atomic E-state index is -0.525. The number of aromatic nitrogens is 2. The molecule has 0 fully saturated rings. The van der Waals surface area contributed by atoms with E-state index in [1.54, 1.807) is 24.3 Å². The highest BCUT2D eigenvalue weighted by Crippen LogP contribution is 2.23. The van der Waals surface area contributed by atoms with Gasteiger partial charge in [-0.25, -0.2) is 0 Å². The number of nitrogens with zero attached hydrogens (tertiary/aromatic N) is 3. The van der Waals surface area contributed by atoms with E-state index in [2.05, 4.69) is 29.4 Å². The van der Waals surface area contributed by atoms with Crippen LogP contribution in [-0.2, 0) is 9.53 Å². The van der Waals surface area contributed by atoms with Gasteiger partial charge in [-0.2, -0.15) is 5.26 Å². The molecule has 0 aliphatic carbocycles. The second-order valence-corrected chi connectivity index (χ2v) is 9.36. The molecule has 0 aliphatic rings. The molecule has 188 valence electrons. The van der Waals surface area contributed by atoms with Crippen LogP contribution in [0, 0.1) is 25.2 Å². The largest absolute Gasteiger partial charge is 0.491 e. The Hall–Kier alpha value is -3.74. The van der Waals surface area contributed by atoms with Crippen molar-refractivity contribution in [1.82, 2.24) is 10.2 Å². The number of benzene rings is 2. The third-order valence-corrected chi connectivity index (χ3v) is 6.32. The zero-order chi connectivity index (χ0) is 25.9. The number of anilines is 1. The van der Waals surface area contributed by atoms with Crippen LogP contribution in [0.1, 0.15) is 41.5 Å². The molecule has 1 heterocycles. The van der Waals surface area contributed by atoms with Crippen molar-refractivity contribution < 1.29 is 19.0 Å². The van der Waals surface area contributed by atoms with E-state index < -0.39 is 5.91 Å². The summed E-state index contributed by atoms with van der Waals surface area (Å²) in [5, 5.41) is 21.2. The van der Waals surface area contributed by atoms with Crippen molar-refractivity contribution in [3.63, 3.8) is 0 Å². The highest BCUT2D eigenvalue weighted by atomic mass is 32.1. The highest BCUT2D eigenvalue weighted by molar-refractivity contribution is 7.15. The smallest absolute Gasteiger partial charge is 0.268 e. The average Bonchev–Trinajstić information content (AvgIpc) is 3.33. The molecule has 8 nitrogen and oxygen atoms in total. The molecule has 0 aliphatic heterocycles. The molecule has 0 bridgehead atoms. The number of carbonyl (C=O) groups excluding carboxylic acids is 1. The summed E-state index contributed by atoms with van der Waals surface area (Å²) in [4.78, 5) is 12.4. The molecule has 2 aromatic carbocycles. The van der Waals surface area contributed by atoms with Gasteiger partial charge < -0.3 is 14.2 Å². The monoisotopic (exact) mass is 506 g/mol. The zero-order valence-electron chi connectivity index (χ0n) is 20.9. The fraction of sp³-hybridized carbons (Fsp3) is 0.333. The first kappa shape index (κ1) is 26.9. The van der Waals surface area contributed by atoms with E-state index in [-0.39, 0.29) is 11.5 Å². The van der Waals surface area contributed by atoms with Crippen molar-refractivity contribution in [1.29, 1.82) is 5.26 Å². The van der Waals surface area contributed by atoms with Crippen LogP contribution in [0.3, 0.4) is 0 Å². The van der Waals surface area contributed by atoms with Gasteiger partial charge in [0.25, 0.3) is 5.91 Å². The van der Waals surface area contributed by atoms with Crippen LogP contribution >= 0.6 is 11.3 Å². The van der Waals surface area contributed by atoms with Crippen molar-refractivity contribution in [2.75, 3.05) is 31.7 Å². The summed E-state index contributed by atoms with van der Waals surface area (Å²) < 4.78 is 16.9. The summed E-state index contributed by atoms with van der Waals surface area (Å²) >= 11 is 1.29. The SMILES string of the molecule is Cc1ccc(OCCOCCOc2ccc(C=C(C#N)C(=O)Nc3nnc(C(C)C)s3)cc2)cc1C. The first-order valence-corrected chi connectivity index (χ1v) is 12.4. The Morgan fingerprint density at radius 3 is 2.28 bits per heavy atom. The van der Waals surface area contributed by atoms with Crippen molar-refractivity contribution in [3.8, 4) is 17.6 Å². The first-order chi connectivity index (χ1) is 17.4. The van der Waals surface area contributed by atoms with Gasteiger partial charge in [-0.15, -0.1) is 10.2 Å². The average molecular weight is 507 g/mol. The van der Waals surface area contributed by atoms with Crippen molar-refractivity contribution in [2.24, 2.45) is 0 Å². The molecule has 36 heavy (non-hydrogen) atoms. The topological polar surface area (TPSA) is 106 Å². The van der Waals surface area contributed by atoms with Crippen LogP contribution in [0.2, 0.25) is 0 Å². The summed E-state index contributed by atoms with van der Waals surface area (Å²) in [6, 6.07) is 15.1. The van der Waals surface area contributed by atoms with Crippen LogP contribution in [0.15, 0.2) is 48.0 Å². The van der Waals surface area contributed by atoms with Crippen LogP contribution in [0.25, 0.3) is 6.08 Å². The Morgan fingerprint density at radius 2 is 1.67 bits per heavy atom. The molecule has 9 heteroatoms. The quantitative estimate of drug-likeness (QED) is 0.202. The molecule has 1 N–H and O–H groups in total. The number of nitriles is 1. The zero-order valence-corrected chi connectivity index (χ0v) is 21.7. The summed E-state index contributed by atoms with van der Waals surface area (Å²) in [7, 11) is 0. The Kier molecular flexibility index (Phi) is 9.98. The van der Waals surface area contributed by atoms with Gasteiger partial charge in [0.05, 0.1) is 13.2 Å². The lowest BCUT2D eigenvalue weighted by atomic mass is 10.1. The Balaban J connectivity index is 1.39. The summed E-state index contributed by atoms with van der Waals surface area (Å²) in [5.74, 6) is 1.20. The first-order valence-electron chi connectivity index (χ1n) is 11.6. The lowest BCUT2D eigenvalue weighted by Crippen LogP contribution is -2.13. The molecular formula is C27H30N4O4S. The van der Waals surface area contributed by atoms with Crippen LogP contribution in [0.5, 0.6) is 11.5 Å². The lowest BCUT2D eigenvalue weighted by molar-refractivity contribution is -0.112. The van der Waals surface area contributed by atoms with E-state index >= 15 is 0 Å². The number of rotatable bonds is 12. The van der Waals surface area contributed by atoms with Crippen molar-refractivity contribution in [2.45, 2.75) is 33.6 Å². The number of amides is 1. The highest BCUT2D eigenvalue weighted by Gasteiger charge is 2.14. The molecule has 1 amide bonds. The molecule has 0 saturated carbocycles. The van der Waals surface area contributed by atoms with Gasteiger partial charge >= 0.3 is 0 Å². The van der Waals surface area contributed by atoms with E-state index in [0.717, 1.165) is 10.8 Å². The molecule has 0 saturated heterocycles. The molecule has 3 aromatic rings. The third-order valence-electron chi connectivity index (χ3n) is 5.18. The van der Waals surface area contributed by atoms with Gasteiger partial charge in [0.1, 0.15) is 41.4 Å². The number of nitrogens with one attached hydrogen (secondary N) is 1. The van der Waals surface area contributed by atoms with Crippen molar-refractivity contribution >= 4 is 28.5 Å². The number of carbonyl (C=O) groups is 1. The number of ether oxygens (including phenoxy) is 3. The van der Waals surface area contributed by atoms with Crippen LogP contribution in [0.4, 0.5) is 5.13 Å². The summed E-state index contributed by atoms with van der Waals surface area (Å²) in [5.41, 5.74) is 3.11. The molecule has 3 rings (SSSR count). The number of hydrogen-bond donors (Lipinski definition) is 1. The Labute approximate surface area is 215 Å². The van der Waals surface area contributed by atoms with Crippen LogP contribution < -0.4 is 14.8 Å². The molecule has 0 atom stereocenters. The molecular weight excluding hydrogens is 476 g/mol. The Morgan fingerprint density at radius 1 is 1.00 bits per heavy atom. The Bertz CT molecular complexity index is 1230. The van der Waals surface area contributed by atoms with Gasteiger partial charge in [0.15, 0.2) is 0 Å². The van der Waals surface area contributed by atoms with E-state index in [4.69, 9.17) is 14.2 Å². The lowest BCUT2D eigenvalue weighted by Gasteiger charge is -2.10. The van der Waals surface area contributed by atoms with Crippen molar-refractivity contribution in [3.05, 3.63) is 69.7 Å². The number of hydrogen-bond acceptors (Lipinski definition) is 8. The fourth-order valence-corrected chi connectivity index (χ4v) is 3.74. The maximum atomic E-state index is 12.4. The summed E-state index contributed by atoms with van der Waals surface area (Å²) in [6.45, 7) is 9.88. The van der Waals surface area contributed by atoms with Gasteiger partial charge in [0, 0.05) is 5.92 Å². The molecule has 1 aromatic heterocycles. The van der Waals surface area contributed by atoms with E-state index in [9.17, 15) is 10.1 Å². The predicted molar refractivity (Wildman–Crippen MR) is 140 cm³/mol. The summed E-state index contributed by atoms with van der Waals surface area (Å²) in [6.07, 6.45) is 1.52. The fourth-order valence-electron chi connectivity index (χ4n) is 3.00. The number of aryl methyl sites for hydroxylation is 2. The minimum Gasteiger partial charge on any atom is -0.491 e. The standard InChI is InChI=1S/C27H30N4O4S/c1-18(2)26-30-31-27(36-26)29-25(32)22(17-28)16-21-6-9-23(10-7-21)34-13-11-33-12-14-35-24-8-5-19(3)20(4)15-24/h5-10,15-16,18H,11-14H2,1-4H3,(H,29,31,32). The maximum absolute atomic E-state index is 12.4. The second-order valence-electron chi connectivity index (χ2n) is 8.35. The van der Waals surface area contributed by atoms with E-state index in [1.807, 2.05) is 38.1 Å². The van der Waals surface area contributed by atoms with Gasteiger partial charge in [-0.05, 0) is 60.9 Å². The van der Waals surface area contributed by atoms with E-state index in [0.29, 0.717) is 42.9 Å². The van der Waals surface area contributed by atoms with Crippen LogP contribution in [-0.4, -0.2) is 42.5 Å². The minimum absolute atomic E-state index is 0.0265. The predicted octanol–water partition coefficient (Wildman–Crippen LogP) is 5.30. The molecule has 0 spiro atoms. The maximum Gasteiger partial charge on any atom is 0.268 e. The second kappa shape index (κ2) is 13.4. The van der Waals surface area contributed by atoms with Gasteiger partial charge in [-0.1, -0.05) is 43.4 Å². The molecule has 0 radical (unpaired) electrons.